The molecule has 5 nitrogen and oxygen atoms in total. The molecule has 0 saturated carbocycles. The summed E-state index contributed by atoms with van der Waals surface area (Å²) in [7, 11) is 0. The van der Waals surface area contributed by atoms with Gasteiger partial charge in [0.15, 0.2) is 0 Å². The molecular weight excluding hydrogens is 302 g/mol. The number of nitrogens with zero attached hydrogens (tertiary/aromatic N) is 1. The predicted molar refractivity (Wildman–Crippen MR) is 95.5 cm³/mol. The van der Waals surface area contributed by atoms with Crippen molar-refractivity contribution in [3.63, 3.8) is 0 Å². The van der Waals surface area contributed by atoms with Crippen molar-refractivity contribution < 1.29 is 9.59 Å². The number of hydrogen-bond donors (Lipinski definition) is 2. The second-order valence-electron chi connectivity index (χ2n) is 6.04. The van der Waals surface area contributed by atoms with Crippen LogP contribution in [0.5, 0.6) is 0 Å². The van der Waals surface area contributed by atoms with Gasteiger partial charge in [-0.2, -0.15) is 0 Å². The summed E-state index contributed by atoms with van der Waals surface area (Å²) < 4.78 is 0. The average molecular weight is 323 g/mol. The molecule has 0 spiro atoms. The number of hydrogen-bond acceptors (Lipinski definition) is 3. The highest BCUT2D eigenvalue weighted by Crippen LogP contribution is 2.26. The molecule has 2 aromatic rings. The van der Waals surface area contributed by atoms with Crippen LogP contribution in [0.3, 0.4) is 0 Å². The average Bonchev–Trinajstić information content (AvgIpc) is 2.58. The first-order valence-electron chi connectivity index (χ1n) is 8.04. The minimum Gasteiger partial charge on any atom is -0.359 e. The van der Waals surface area contributed by atoms with Gasteiger partial charge in [-0.25, -0.2) is 0 Å². The van der Waals surface area contributed by atoms with E-state index in [4.69, 9.17) is 0 Å². The van der Waals surface area contributed by atoms with Gasteiger partial charge in [-0.3, -0.25) is 9.59 Å². The molecule has 2 aromatic carbocycles. The van der Waals surface area contributed by atoms with Crippen molar-refractivity contribution >= 4 is 23.2 Å². The molecule has 1 saturated heterocycles. The number of piperazine rings is 1. The lowest BCUT2D eigenvalue weighted by atomic mass is 10.1. The van der Waals surface area contributed by atoms with Crippen LogP contribution in [0.15, 0.2) is 42.5 Å². The summed E-state index contributed by atoms with van der Waals surface area (Å²) in [5.41, 5.74) is 4.46. The van der Waals surface area contributed by atoms with Gasteiger partial charge in [0.25, 0.3) is 5.91 Å². The summed E-state index contributed by atoms with van der Waals surface area (Å²) in [6.07, 6.45) is 0. The SMILES string of the molecule is Cc1ccc(C(=O)Nc2ccccc2N2CCNC(=O)C2)cc1C. The van der Waals surface area contributed by atoms with Gasteiger partial charge in [0, 0.05) is 18.7 Å². The highest BCUT2D eigenvalue weighted by atomic mass is 16.2. The van der Waals surface area contributed by atoms with Crippen molar-refractivity contribution in [2.24, 2.45) is 0 Å². The van der Waals surface area contributed by atoms with Gasteiger partial charge < -0.3 is 15.5 Å². The molecule has 0 atom stereocenters. The molecule has 124 valence electrons. The number of nitrogens with one attached hydrogen (secondary N) is 2. The minimum absolute atomic E-state index is 0.00320. The molecule has 0 bridgehead atoms. The van der Waals surface area contributed by atoms with Crippen molar-refractivity contribution in [1.82, 2.24) is 5.32 Å². The topological polar surface area (TPSA) is 61.4 Å². The maximum absolute atomic E-state index is 12.6. The van der Waals surface area contributed by atoms with Crippen molar-refractivity contribution in [1.29, 1.82) is 0 Å². The summed E-state index contributed by atoms with van der Waals surface area (Å²) in [4.78, 5) is 26.2. The zero-order chi connectivity index (χ0) is 17.1. The van der Waals surface area contributed by atoms with Crippen molar-refractivity contribution in [2.75, 3.05) is 29.9 Å². The molecule has 1 aliphatic heterocycles. The summed E-state index contributed by atoms with van der Waals surface area (Å²) in [6, 6.07) is 13.2. The second-order valence-corrected chi connectivity index (χ2v) is 6.04. The Kier molecular flexibility index (Phi) is 4.51. The molecule has 0 radical (unpaired) electrons. The first kappa shape index (κ1) is 16.1. The minimum atomic E-state index is -0.146. The quantitative estimate of drug-likeness (QED) is 0.912. The summed E-state index contributed by atoms with van der Waals surface area (Å²) in [5, 5.41) is 5.78. The Labute approximate surface area is 141 Å². The summed E-state index contributed by atoms with van der Waals surface area (Å²) >= 11 is 0. The number of aryl methyl sites for hydroxylation is 2. The fraction of sp³-hybridized carbons (Fsp3) is 0.263. The van der Waals surface area contributed by atoms with E-state index in [1.54, 1.807) is 0 Å². The van der Waals surface area contributed by atoms with Gasteiger partial charge in [-0.1, -0.05) is 18.2 Å². The van der Waals surface area contributed by atoms with Crippen LogP contribution in [-0.2, 0) is 4.79 Å². The Morgan fingerprint density at radius 1 is 1.12 bits per heavy atom. The van der Waals surface area contributed by atoms with Crippen LogP contribution >= 0.6 is 0 Å². The molecule has 0 unspecified atom stereocenters. The highest BCUT2D eigenvalue weighted by Gasteiger charge is 2.19. The third-order valence-corrected chi connectivity index (χ3v) is 4.30. The van der Waals surface area contributed by atoms with Gasteiger partial charge in [0.05, 0.1) is 17.9 Å². The Morgan fingerprint density at radius 3 is 2.67 bits per heavy atom. The van der Waals surface area contributed by atoms with Crippen LogP contribution in [0.4, 0.5) is 11.4 Å². The van der Waals surface area contributed by atoms with Gasteiger partial charge in [0.2, 0.25) is 5.91 Å². The van der Waals surface area contributed by atoms with Crippen LogP contribution in [0.1, 0.15) is 21.5 Å². The smallest absolute Gasteiger partial charge is 0.255 e. The van der Waals surface area contributed by atoms with Gasteiger partial charge >= 0.3 is 0 Å². The van der Waals surface area contributed by atoms with Crippen LogP contribution in [-0.4, -0.2) is 31.4 Å². The summed E-state index contributed by atoms with van der Waals surface area (Å²) in [6.45, 7) is 5.65. The monoisotopic (exact) mass is 323 g/mol. The lowest BCUT2D eigenvalue weighted by Crippen LogP contribution is -2.47. The molecule has 2 amide bonds. The van der Waals surface area contributed by atoms with Gasteiger partial charge in [0.1, 0.15) is 0 Å². The first-order valence-corrected chi connectivity index (χ1v) is 8.04. The zero-order valence-electron chi connectivity index (χ0n) is 13.9. The van der Waals surface area contributed by atoms with E-state index in [0.29, 0.717) is 18.7 Å². The van der Waals surface area contributed by atoms with Crippen LogP contribution < -0.4 is 15.5 Å². The first-order chi connectivity index (χ1) is 11.5. The number of carbonyl (C=O) groups is 2. The molecule has 1 heterocycles. The molecule has 5 heteroatoms. The number of amides is 2. The summed E-state index contributed by atoms with van der Waals surface area (Å²) in [5.74, 6) is -0.149. The van der Waals surface area contributed by atoms with Crippen molar-refractivity contribution in [2.45, 2.75) is 13.8 Å². The molecule has 0 aromatic heterocycles. The number of para-hydroxylation sites is 2. The number of rotatable bonds is 3. The van der Waals surface area contributed by atoms with E-state index in [-0.39, 0.29) is 11.8 Å². The lowest BCUT2D eigenvalue weighted by molar-refractivity contribution is -0.120. The Balaban J connectivity index is 1.83. The standard InChI is InChI=1S/C19H21N3O2/c1-13-7-8-15(11-14(13)2)19(24)21-16-5-3-4-6-17(16)22-10-9-20-18(23)12-22/h3-8,11H,9-10,12H2,1-2H3,(H,20,23)(H,21,24). The highest BCUT2D eigenvalue weighted by molar-refractivity contribution is 6.06. The van der Waals surface area contributed by atoms with Crippen molar-refractivity contribution in [3.05, 3.63) is 59.2 Å². The largest absolute Gasteiger partial charge is 0.359 e. The predicted octanol–water partition coefficient (Wildman–Crippen LogP) is 2.49. The fourth-order valence-electron chi connectivity index (χ4n) is 2.78. The molecule has 0 aliphatic carbocycles. The zero-order valence-corrected chi connectivity index (χ0v) is 13.9. The third kappa shape index (κ3) is 3.40. The fourth-order valence-corrected chi connectivity index (χ4v) is 2.78. The molecule has 3 rings (SSSR count). The second kappa shape index (κ2) is 6.74. The van der Waals surface area contributed by atoms with E-state index in [1.807, 2.05) is 61.2 Å². The van der Waals surface area contributed by atoms with Gasteiger partial charge in [-0.15, -0.1) is 0 Å². The van der Waals surface area contributed by atoms with Crippen LogP contribution in [0.2, 0.25) is 0 Å². The molecule has 1 aliphatic rings. The van der Waals surface area contributed by atoms with Crippen molar-refractivity contribution in [3.8, 4) is 0 Å². The Hall–Kier alpha value is -2.82. The number of benzene rings is 2. The van der Waals surface area contributed by atoms with E-state index in [1.165, 1.54) is 0 Å². The van der Waals surface area contributed by atoms with E-state index in [9.17, 15) is 9.59 Å². The Bertz CT molecular complexity index is 786. The third-order valence-electron chi connectivity index (χ3n) is 4.30. The van der Waals surface area contributed by atoms with Crippen LogP contribution in [0, 0.1) is 13.8 Å². The van der Waals surface area contributed by atoms with E-state index < -0.39 is 0 Å². The van der Waals surface area contributed by atoms with E-state index in [2.05, 4.69) is 10.6 Å². The molecular formula is C19H21N3O2. The molecule has 1 fully saturated rings. The van der Waals surface area contributed by atoms with Gasteiger partial charge in [-0.05, 0) is 49.2 Å². The van der Waals surface area contributed by atoms with E-state index in [0.717, 1.165) is 29.0 Å². The molecule has 2 N–H and O–H groups in total. The maximum atomic E-state index is 12.6. The maximum Gasteiger partial charge on any atom is 0.255 e. The Morgan fingerprint density at radius 2 is 1.92 bits per heavy atom. The normalized spacial score (nSPS) is 14.2. The van der Waals surface area contributed by atoms with Crippen LogP contribution in [0.25, 0.3) is 0 Å². The number of carbonyl (C=O) groups excluding carboxylic acids is 2. The van der Waals surface area contributed by atoms with E-state index >= 15 is 0 Å². The molecule has 24 heavy (non-hydrogen) atoms. The lowest BCUT2D eigenvalue weighted by Gasteiger charge is -2.30. The number of anilines is 2.